The van der Waals surface area contributed by atoms with Crippen LogP contribution in [-0.4, -0.2) is 0 Å². The SMILES string of the molecule is C=CC=CC=CC=CCCCCCCCCC. The van der Waals surface area contributed by atoms with Crippen molar-refractivity contribution in [2.75, 3.05) is 0 Å². The molecule has 0 N–H and O–H groups in total. The summed E-state index contributed by atoms with van der Waals surface area (Å²) in [6.07, 6.45) is 25.1. The topological polar surface area (TPSA) is 0 Å². The van der Waals surface area contributed by atoms with E-state index in [0.717, 1.165) is 0 Å². The zero-order chi connectivity index (χ0) is 12.6. The summed E-state index contributed by atoms with van der Waals surface area (Å²) in [5.74, 6) is 0. The molecule has 0 amide bonds. The monoisotopic (exact) mass is 232 g/mol. The van der Waals surface area contributed by atoms with Gasteiger partial charge >= 0.3 is 0 Å². The standard InChI is InChI=1S/C17H28/c1-3-5-7-9-11-13-15-17-16-14-12-10-8-6-4-2/h3,5,7,9,11,13,15H,1,4,6,8,10,12,14,16-17H2,2H3. The summed E-state index contributed by atoms with van der Waals surface area (Å²) in [5, 5.41) is 0. The first-order valence-electron chi connectivity index (χ1n) is 7.02. The molecule has 0 aromatic carbocycles. The molecule has 0 radical (unpaired) electrons. The van der Waals surface area contributed by atoms with E-state index in [1.807, 2.05) is 18.2 Å². The van der Waals surface area contributed by atoms with Gasteiger partial charge in [-0.15, -0.1) is 0 Å². The Hall–Kier alpha value is -1.04. The second kappa shape index (κ2) is 15.0. The highest BCUT2D eigenvalue weighted by Crippen LogP contribution is 2.08. The fourth-order valence-corrected chi connectivity index (χ4v) is 1.67. The second-order valence-corrected chi connectivity index (χ2v) is 4.34. The molecule has 17 heavy (non-hydrogen) atoms. The highest BCUT2D eigenvalue weighted by molar-refractivity contribution is 5.14. The van der Waals surface area contributed by atoms with E-state index in [1.165, 1.54) is 51.4 Å². The van der Waals surface area contributed by atoms with Crippen LogP contribution in [0.4, 0.5) is 0 Å². The number of allylic oxidation sites excluding steroid dienone is 7. The molecule has 0 saturated carbocycles. The van der Waals surface area contributed by atoms with E-state index >= 15 is 0 Å². The third-order valence-electron chi connectivity index (χ3n) is 2.69. The average molecular weight is 232 g/mol. The summed E-state index contributed by atoms with van der Waals surface area (Å²) in [7, 11) is 0. The fraction of sp³-hybridized carbons (Fsp3) is 0.529. The first kappa shape index (κ1) is 16.0. The maximum atomic E-state index is 3.62. The van der Waals surface area contributed by atoms with Crippen molar-refractivity contribution in [3.05, 3.63) is 49.1 Å². The lowest BCUT2D eigenvalue weighted by Gasteiger charge is -1.98. The molecule has 0 heterocycles. The Morgan fingerprint density at radius 3 is 2.00 bits per heavy atom. The lowest BCUT2D eigenvalue weighted by molar-refractivity contribution is 0.592. The van der Waals surface area contributed by atoms with Gasteiger partial charge in [-0.1, -0.05) is 94.6 Å². The number of unbranched alkanes of at least 4 members (excludes halogenated alkanes) is 7. The van der Waals surface area contributed by atoms with E-state index in [2.05, 4.69) is 31.7 Å². The summed E-state index contributed by atoms with van der Waals surface area (Å²) in [6, 6.07) is 0. The Morgan fingerprint density at radius 2 is 1.29 bits per heavy atom. The largest absolute Gasteiger partial charge is 0.0991 e. The van der Waals surface area contributed by atoms with E-state index in [1.54, 1.807) is 6.08 Å². The van der Waals surface area contributed by atoms with Gasteiger partial charge in [0, 0.05) is 0 Å². The maximum Gasteiger partial charge on any atom is -0.0348 e. The van der Waals surface area contributed by atoms with Crippen LogP contribution in [0.2, 0.25) is 0 Å². The summed E-state index contributed by atoms with van der Waals surface area (Å²) in [6.45, 7) is 5.88. The molecule has 0 aliphatic rings. The van der Waals surface area contributed by atoms with Gasteiger partial charge in [0.2, 0.25) is 0 Å². The van der Waals surface area contributed by atoms with Gasteiger partial charge in [-0.25, -0.2) is 0 Å². The van der Waals surface area contributed by atoms with Crippen LogP contribution < -0.4 is 0 Å². The summed E-state index contributed by atoms with van der Waals surface area (Å²) >= 11 is 0. The van der Waals surface area contributed by atoms with Crippen LogP contribution in [0.5, 0.6) is 0 Å². The van der Waals surface area contributed by atoms with E-state index in [9.17, 15) is 0 Å². The second-order valence-electron chi connectivity index (χ2n) is 4.34. The van der Waals surface area contributed by atoms with Crippen molar-refractivity contribution in [3.8, 4) is 0 Å². The van der Waals surface area contributed by atoms with E-state index in [-0.39, 0.29) is 0 Å². The van der Waals surface area contributed by atoms with Gasteiger partial charge in [-0.2, -0.15) is 0 Å². The lowest BCUT2D eigenvalue weighted by Crippen LogP contribution is -1.78. The van der Waals surface area contributed by atoms with Crippen LogP contribution in [-0.2, 0) is 0 Å². The van der Waals surface area contributed by atoms with Crippen LogP contribution in [0.15, 0.2) is 49.1 Å². The lowest BCUT2D eigenvalue weighted by atomic mass is 10.1. The van der Waals surface area contributed by atoms with Crippen LogP contribution in [0.1, 0.15) is 58.3 Å². The molecular formula is C17H28. The molecule has 0 aromatic heterocycles. The van der Waals surface area contributed by atoms with E-state index < -0.39 is 0 Å². The summed E-state index contributed by atoms with van der Waals surface area (Å²) in [4.78, 5) is 0. The highest BCUT2D eigenvalue weighted by atomic mass is 13.9. The molecular weight excluding hydrogens is 204 g/mol. The third kappa shape index (κ3) is 15.0. The van der Waals surface area contributed by atoms with Crippen LogP contribution >= 0.6 is 0 Å². The van der Waals surface area contributed by atoms with Crippen molar-refractivity contribution in [3.63, 3.8) is 0 Å². The number of rotatable bonds is 11. The number of hydrogen-bond acceptors (Lipinski definition) is 0. The minimum atomic E-state index is 1.21. The molecule has 0 aromatic rings. The molecule has 0 aliphatic heterocycles. The Labute approximate surface area is 108 Å². The molecule has 0 unspecified atom stereocenters. The minimum Gasteiger partial charge on any atom is -0.0991 e. The Morgan fingerprint density at radius 1 is 0.706 bits per heavy atom. The summed E-state index contributed by atoms with van der Waals surface area (Å²) < 4.78 is 0. The molecule has 0 aliphatic carbocycles. The van der Waals surface area contributed by atoms with Crippen molar-refractivity contribution >= 4 is 0 Å². The summed E-state index contributed by atoms with van der Waals surface area (Å²) in [5.41, 5.74) is 0. The quantitative estimate of drug-likeness (QED) is 0.303. The van der Waals surface area contributed by atoms with Crippen LogP contribution in [0.25, 0.3) is 0 Å². The van der Waals surface area contributed by atoms with Crippen LogP contribution in [0, 0.1) is 0 Å². The first-order chi connectivity index (χ1) is 8.41. The Balaban J connectivity index is 3.21. The average Bonchev–Trinajstić information content (AvgIpc) is 2.35. The predicted octanol–water partition coefficient (Wildman–Crippen LogP) is 5.98. The molecule has 0 nitrogen and oxygen atoms in total. The van der Waals surface area contributed by atoms with Crippen molar-refractivity contribution in [1.29, 1.82) is 0 Å². The van der Waals surface area contributed by atoms with Crippen molar-refractivity contribution in [2.45, 2.75) is 58.3 Å². The van der Waals surface area contributed by atoms with Crippen molar-refractivity contribution in [2.24, 2.45) is 0 Å². The Kier molecular flexibility index (Phi) is 14.0. The smallest absolute Gasteiger partial charge is 0.0348 e. The molecule has 0 rings (SSSR count). The number of hydrogen-bond donors (Lipinski definition) is 0. The third-order valence-corrected chi connectivity index (χ3v) is 2.69. The molecule has 0 heteroatoms. The van der Waals surface area contributed by atoms with Gasteiger partial charge < -0.3 is 0 Å². The maximum absolute atomic E-state index is 3.62. The highest BCUT2D eigenvalue weighted by Gasteiger charge is 1.88. The van der Waals surface area contributed by atoms with Gasteiger partial charge in [0.1, 0.15) is 0 Å². The predicted molar refractivity (Wildman–Crippen MR) is 80.2 cm³/mol. The van der Waals surface area contributed by atoms with Crippen LogP contribution in [0.3, 0.4) is 0 Å². The molecule has 0 spiro atoms. The zero-order valence-electron chi connectivity index (χ0n) is 11.4. The zero-order valence-corrected chi connectivity index (χ0v) is 11.4. The first-order valence-corrected chi connectivity index (χ1v) is 7.02. The van der Waals surface area contributed by atoms with E-state index in [4.69, 9.17) is 0 Å². The Bertz CT molecular complexity index is 230. The minimum absolute atomic E-state index is 1.21. The normalized spacial score (nSPS) is 12.1. The van der Waals surface area contributed by atoms with Gasteiger partial charge in [0.05, 0.1) is 0 Å². The molecule has 96 valence electrons. The van der Waals surface area contributed by atoms with Crippen molar-refractivity contribution in [1.82, 2.24) is 0 Å². The molecule has 0 bridgehead atoms. The van der Waals surface area contributed by atoms with Gasteiger partial charge in [0.25, 0.3) is 0 Å². The van der Waals surface area contributed by atoms with Gasteiger partial charge in [-0.3, -0.25) is 0 Å². The molecule has 0 fully saturated rings. The molecule has 0 atom stereocenters. The molecule has 0 saturated heterocycles. The van der Waals surface area contributed by atoms with Gasteiger partial charge in [-0.05, 0) is 12.8 Å². The van der Waals surface area contributed by atoms with Gasteiger partial charge in [0.15, 0.2) is 0 Å². The van der Waals surface area contributed by atoms with Crippen molar-refractivity contribution < 1.29 is 0 Å². The van der Waals surface area contributed by atoms with E-state index in [0.29, 0.717) is 0 Å². The fourth-order valence-electron chi connectivity index (χ4n) is 1.67.